The highest BCUT2D eigenvalue weighted by Crippen LogP contribution is 2.38. The molecular weight excluding hydrogens is 432 g/mol. The lowest BCUT2D eigenvalue weighted by molar-refractivity contribution is -0.114. The maximum atomic E-state index is 12.7. The van der Waals surface area contributed by atoms with Crippen LogP contribution in [-0.4, -0.2) is 32.2 Å². The predicted octanol–water partition coefficient (Wildman–Crippen LogP) is 5.65. The summed E-state index contributed by atoms with van der Waals surface area (Å²) in [5.41, 5.74) is 2.12. The fraction of sp³-hybridized carbons (Fsp3) is 0.304. The lowest BCUT2D eigenvalue weighted by Gasteiger charge is -2.17. The lowest BCUT2D eigenvalue weighted by Crippen LogP contribution is -2.10. The molecule has 1 aromatic heterocycles. The Kier molecular flexibility index (Phi) is 6.73. The molecule has 1 aliphatic rings. The Bertz CT molecular complexity index is 1090. The zero-order valence-corrected chi connectivity index (χ0v) is 18.7. The number of Topliss-reactive ketones (excluding diaryl/α,β-unsaturated/α-hetero) is 1. The van der Waals surface area contributed by atoms with Gasteiger partial charge in [0.25, 0.3) is 0 Å². The van der Waals surface area contributed by atoms with E-state index in [4.69, 9.17) is 11.6 Å². The molecule has 0 spiro atoms. The quantitative estimate of drug-likeness (QED) is 0.369. The fourth-order valence-electron chi connectivity index (χ4n) is 3.85. The highest BCUT2D eigenvalue weighted by atomic mass is 35.5. The number of hydrogen-bond donors (Lipinski definition) is 1. The first-order valence-electron chi connectivity index (χ1n) is 10.3. The van der Waals surface area contributed by atoms with Gasteiger partial charge in [-0.05, 0) is 49.2 Å². The van der Waals surface area contributed by atoms with Crippen LogP contribution in [0.25, 0.3) is 11.4 Å². The molecule has 31 heavy (non-hydrogen) atoms. The number of hydrogen-bond acceptors (Lipinski definition) is 5. The van der Waals surface area contributed by atoms with Crippen molar-refractivity contribution in [3.05, 3.63) is 59.1 Å². The third-order valence-corrected chi connectivity index (χ3v) is 6.60. The monoisotopic (exact) mass is 454 g/mol. The van der Waals surface area contributed by atoms with Crippen molar-refractivity contribution in [2.24, 2.45) is 0 Å². The minimum Gasteiger partial charge on any atom is -0.326 e. The molecule has 1 aliphatic carbocycles. The summed E-state index contributed by atoms with van der Waals surface area (Å²) in [4.78, 5) is 23.9. The number of rotatable bonds is 7. The van der Waals surface area contributed by atoms with Gasteiger partial charge in [0, 0.05) is 29.8 Å². The SMILES string of the molecule is CC(=O)Nc1ccc(C(=O)CSc2nnc(-c3ccccc3Cl)n2C2CCCC2)cc1. The van der Waals surface area contributed by atoms with Gasteiger partial charge in [-0.25, -0.2) is 0 Å². The second-order valence-corrected chi connectivity index (χ2v) is 8.91. The zero-order valence-electron chi connectivity index (χ0n) is 17.2. The molecule has 8 heteroatoms. The van der Waals surface area contributed by atoms with Crippen molar-refractivity contribution in [3.63, 3.8) is 0 Å². The first-order valence-corrected chi connectivity index (χ1v) is 11.6. The molecular formula is C23H23ClN4O2S. The summed E-state index contributed by atoms with van der Waals surface area (Å²) in [5, 5.41) is 12.9. The molecule has 4 rings (SSSR count). The molecule has 0 bridgehead atoms. The van der Waals surface area contributed by atoms with Crippen LogP contribution in [0.1, 0.15) is 49.0 Å². The van der Waals surface area contributed by atoms with E-state index >= 15 is 0 Å². The van der Waals surface area contributed by atoms with Crippen LogP contribution in [0.2, 0.25) is 5.02 Å². The Labute approximate surface area is 190 Å². The minimum absolute atomic E-state index is 0.000333. The Hall–Kier alpha value is -2.64. The number of nitrogens with one attached hydrogen (secondary N) is 1. The average Bonchev–Trinajstić information content (AvgIpc) is 3.42. The fourth-order valence-corrected chi connectivity index (χ4v) is 4.97. The van der Waals surface area contributed by atoms with Crippen molar-refractivity contribution in [2.75, 3.05) is 11.1 Å². The van der Waals surface area contributed by atoms with Crippen LogP contribution in [0.3, 0.4) is 0 Å². The number of halogens is 1. The van der Waals surface area contributed by atoms with E-state index in [2.05, 4.69) is 20.1 Å². The molecule has 2 aromatic carbocycles. The van der Waals surface area contributed by atoms with E-state index in [9.17, 15) is 9.59 Å². The number of anilines is 1. The van der Waals surface area contributed by atoms with Crippen molar-refractivity contribution in [1.82, 2.24) is 14.8 Å². The van der Waals surface area contributed by atoms with Gasteiger partial charge in [0.15, 0.2) is 16.8 Å². The number of carbonyl (C=O) groups excluding carboxylic acids is 2. The van der Waals surface area contributed by atoms with Gasteiger partial charge in [-0.3, -0.25) is 14.2 Å². The number of amides is 1. The summed E-state index contributed by atoms with van der Waals surface area (Å²) in [5.74, 6) is 0.870. The van der Waals surface area contributed by atoms with Gasteiger partial charge >= 0.3 is 0 Å². The van der Waals surface area contributed by atoms with Gasteiger partial charge in [-0.15, -0.1) is 10.2 Å². The van der Waals surface area contributed by atoms with Gasteiger partial charge in [0.05, 0.1) is 10.8 Å². The van der Waals surface area contributed by atoms with Gasteiger partial charge in [0.2, 0.25) is 5.91 Å². The largest absolute Gasteiger partial charge is 0.326 e. The first kappa shape index (κ1) is 21.6. The van der Waals surface area contributed by atoms with Crippen LogP contribution in [0.4, 0.5) is 5.69 Å². The standard InChI is InChI=1S/C23H23ClN4O2S/c1-15(29)25-17-12-10-16(11-13-17)21(30)14-31-23-27-26-22(19-8-4-5-9-20(19)24)28(23)18-6-2-3-7-18/h4-5,8-13,18H,2-3,6-7,14H2,1H3,(H,25,29). The van der Waals surface area contributed by atoms with Gasteiger partial charge in [0.1, 0.15) is 0 Å². The van der Waals surface area contributed by atoms with Crippen molar-refractivity contribution in [2.45, 2.75) is 43.8 Å². The van der Waals surface area contributed by atoms with Crippen LogP contribution in [0.15, 0.2) is 53.7 Å². The molecule has 1 heterocycles. The maximum absolute atomic E-state index is 12.7. The molecule has 6 nitrogen and oxygen atoms in total. The molecule has 0 aliphatic heterocycles. The Morgan fingerprint density at radius 1 is 1.10 bits per heavy atom. The number of carbonyl (C=O) groups is 2. The molecule has 1 fully saturated rings. The topological polar surface area (TPSA) is 76.9 Å². The van der Waals surface area contributed by atoms with Crippen LogP contribution >= 0.6 is 23.4 Å². The van der Waals surface area contributed by atoms with E-state index in [1.54, 1.807) is 24.3 Å². The van der Waals surface area contributed by atoms with Crippen LogP contribution in [0, 0.1) is 0 Å². The molecule has 1 N–H and O–H groups in total. The third-order valence-electron chi connectivity index (χ3n) is 5.33. The Balaban J connectivity index is 1.54. The van der Waals surface area contributed by atoms with Crippen molar-refractivity contribution < 1.29 is 9.59 Å². The highest BCUT2D eigenvalue weighted by Gasteiger charge is 2.26. The Morgan fingerprint density at radius 3 is 2.48 bits per heavy atom. The normalized spacial score (nSPS) is 14.0. The summed E-state index contributed by atoms with van der Waals surface area (Å²) < 4.78 is 2.16. The van der Waals surface area contributed by atoms with E-state index in [-0.39, 0.29) is 17.4 Å². The maximum Gasteiger partial charge on any atom is 0.221 e. The van der Waals surface area contributed by atoms with Crippen molar-refractivity contribution >= 4 is 40.7 Å². The van der Waals surface area contributed by atoms with Crippen molar-refractivity contribution in [1.29, 1.82) is 0 Å². The van der Waals surface area contributed by atoms with E-state index < -0.39 is 0 Å². The van der Waals surface area contributed by atoms with Gasteiger partial charge < -0.3 is 5.32 Å². The summed E-state index contributed by atoms with van der Waals surface area (Å²) >= 11 is 7.83. The molecule has 0 unspecified atom stereocenters. The molecule has 3 aromatic rings. The van der Waals surface area contributed by atoms with Gasteiger partial charge in [-0.1, -0.05) is 48.3 Å². The summed E-state index contributed by atoms with van der Waals surface area (Å²) in [6, 6.07) is 14.9. The minimum atomic E-state index is -0.143. The highest BCUT2D eigenvalue weighted by molar-refractivity contribution is 7.99. The van der Waals surface area contributed by atoms with Crippen LogP contribution < -0.4 is 5.32 Å². The smallest absolute Gasteiger partial charge is 0.221 e. The molecule has 0 radical (unpaired) electrons. The second-order valence-electron chi connectivity index (χ2n) is 7.56. The lowest BCUT2D eigenvalue weighted by atomic mass is 10.1. The number of nitrogens with zero attached hydrogens (tertiary/aromatic N) is 3. The average molecular weight is 455 g/mol. The van der Waals surface area contributed by atoms with E-state index in [0.717, 1.165) is 29.4 Å². The molecule has 0 atom stereocenters. The number of benzene rings is 2. The number of ketones is 1. The summed E-state index contributed by atoms with van der Waals surface area (Å²) in [6.07, 6.45) is 4.49. The van der Waals surface area contributed by atoms with Crippen LogP contribution in [0.5, 0.6) is 0 Å². The third kappa shape index (κ3) is 4.99. The Morgan fingerprint density at radius 2 is 1.81 bits per heavy atom. The molecule has 160 valence electrons. The van der Waals surface area contributed by atoms with Crippen LogP contribution in [-0.2, 0) is 4.79 Å². The van der Waals surface area contributed by atoms with Crippen molar-refractivity contribution in [3.8, 4) is 11.4 Å². The number of aromatic nitrogens is 3. The molecule has 0 saturated heterocycles. The van der Waals surface area contributed by atoms with E-state index in [0.29, 0.717) is 22.3 Å². The number of thioether (sulfide) groups is 1. The summed E-state index contributed by atoms with van der Waals surface area (Å²) in [7, 11) is 0. The van der Waals surface area contributed by atoms with E-state index in [1.807, 2.05) is 24.3 Å². The van der Waals surface area contributed by atoms with Gasteiger partial charge in [-0.2, -0.15) is 0 Å². The molecule has 1 saturated carbocycles. The van der Waals surface area contributed by atoms with E-state index in [1.165, 1.54) is 31.5 Å². The predicted molar refractivity (Wildman–Crippen MR) is 124 cm³/mol. The second kappa shape index (κ2) is 9.66. The first-order chi connectivity index (χ1) is 15.0. The summed E-state index contributed by atoms with van der Waals surface area (Å²) in [6.45, 7) is 1.45. The zero-order chi connectivity index (χ0) is 21.8. The molecule has 1 amide bonds.